The first-order valence-electron chi connectivity index (χ1n) is 9.30. The number of hydrogen-bond donors (Lipinski definition) is 1. The summed E-state index contributed by atoms with van der Waals surface area (Å²) in [5.74, 6) is 6.26. The van der Waals surface area contributed by atoms with Gasteiger partial charge in [-0.05, 0) is 30.2 Å². The van der Waals surface area contributed by atoms with Gasteiger partial charge in [-0.15, -0.1) is 6.58 Å². The molecule has 6 heteroatoms. The van der Waals surface area contributed by atoms with Crippen LogP contribution in [0.25, 0.3) is 11.0 Å². The zero-order valence-corrected chi connectivity index (χ0v) is 16.6. The van der Waals surface area contributed by atoms with Crippen molar-refractivity contribution in [1.29, 1.82) is 0 Å². The van der Waals surface area contributed by atoms with Crippen molar-refractivity contribution in [3.05, 3.63) is 82.7 Å². The molecule has 3 rings (SSSR count). The molecule has 0 bridgehead atoms. The molecule has 0 aliphatic heterocycles. The quantitative estimate of drug-likeness (QED) is 0.372. The first-order valence-corrected chi connectivity index (χ1v) is 9.30. The van der Waals surface area contributed by atoms with Crippen LogP contribution in [0.2, 0.25) is 0 Å². The molecule has 0 aliphatic carbocycles. The SMILES string of the molecule is C=CCc1ccccc1OCC#CCNC(=O)c1cc2cccc(OC)c2oc1=O. The lowest BCUT2D eigenvalue weighted by Gasteiger charge is -2.07. The summed E-state index contributed by atoms with van der Waals surface area (Å²) in [4.78, 5) is 24.5. The first kappa shape index (κ1) is 20.7. The highest BCUT2D eigenvalue weighted by Gasteiger charge is 2.14. The molecule has 0 saturated heterocycles. The molecule has 3 aromatic rings. The molecule has 1 amide bonds. The Balaban J connectivity index is 1.59. The fourth-order valence-electron chi connectivity index (χ4n) is 2.85. The van der Waals surface area contributed by atoms with Gasteiger partial charge in [0.2, 0.25) is 0 Å². The number of benzene rings is 2. The van der Waals surface area contributed by atoms with Crippen molar-refractivity contribution in [1.82, 2.24) is 5.32 Å². The first-order chi connectivity index (χ1) is 14.6. The Bertz CT molecular complexity index is 1180. The summed E-state index contributed by atoms with van der Waals surface area (Å²) in [6, 6.07) is 14.3. The molecule has 0 aliphatic rings. The highest BCUT2D eigenvalue weighted by molar-refractivity contribution is 5.97. The number of ether oxygens (including phenoxy) is 2. The molecule has 2 aromatic carbocycles. The molecule has 0 unspecified atom stereocenters. The van der Waals surface area contributed by atoms with Crippen LogP contribution >= 0.6 is 0 Å². The summed E-state index contributed by atoms with van der Waals surface area (Å²) in [6.45, 7) is 3.99. The number of carbonyl (C=O) groups is 1. The van der Waals surface area contributed by atoms with Crippen molar-refractivity contribution in [2.45, 2.75) is 6.42 Å². The number of para-hydroxylation sites is 2. The van der Waals surface area contributed by atoms with Gasteiger partial charge in [0, 0.05) is 5.39 Å². The van der Waals surface area contributed by atoms with Crippen molar-refractivity contribution in [3.8, 4) is 23.3 Å². The molecule has 152 valence electrons. The third-order valence-corrected chi connectivity index (χ3v) is 4.29. The lowest BCUT2D eigenvalue weighted by molar-refractivity contribution is 0.0955. The lowest BCUT2D eigenvalue weighted by atomic mass is 10.1. The molecule has 0 saturated carbocycles. The van der Waals surface area contributed by atoms with Crippen LogP contribution in [0.1, 0.15) is 15.9 Å². The number of nitrogens with one attached hydrogen (secondary N) is 1. The van der Waals surface area contributed by atoms with Crippen LogP contribution in [-0.2, 0) is 6.42 Å². The second kappa shape index (κ2) is 9.99. The summed E-state index contributed by atoms with van der Waals surface area (Å²) < 4.78 is 16.1. The molecule has 1 heterocycles. The van der Waals surface area contributed by atoms with Gasteiger partial charge in [0.05, 0.1) is 13.7 Å². The van der Waals surface area contributed by atoms with Gasteiger partial charge in [-0.25, -0.2) is 4.79 Å². The van der Waals surface area contributed by atoms with Gasteiger partial charge in [-0.2, -0.15) is 0 Å². The summed E-state index contributed by atoms with van der Waals surface area (Å²) in [5, 5.41) is 3.19. The third kappa shape index (κ3) is 4.89. The minimum absolute atomic E-state index is 0.0755. The van der Waals surface area contributed by atoms with Crippen LogP contribution in [0.5, 0.6) is 11.5 Å². The van der Waals surface area contributed by atoms with Crippen molar-refractivity contribution in [3.63, 3.8) is 0 Å². The standard InChI is InChI=1S/C24H21NO5/c1-3-9-17-10-4-5-12-20(17)29-15-7-6-14-25-23(26)19-16-18-11-8-13-21(28-2)22(18)30-24(19)27/h3-5,8,10-13,16H,1,9,14-15H2,2H3,(H,25,26). The predicted molar refractivity (Wildman–Crippen MR) is 115 cm³/mol. The number of rotatable bonds is 7. The third-order valence-electron chi connectivity index (χ3n) is 4.29. The van der Waals surface area contributed by atoms with Gasteiger partial charge in [-0.1, -0.05) is 48.2 Å². The topological polar surface area (TPSA) is 77.8 Å². The second-order valence-electron chi connectivity index (χ2n) is 6.25. The number of fused-ring (bicyclic) bond motifs is 1. The molecule has 0 spiro atoms. The Morgan fingerprint density at radius 3 is 2.77 bits per heavy atom. The molecular weight excluding hydrogens is 382 g/mol. The smallest absolute Gasteiger partial charge is 0.349 e. The van der Waals surface area contributed by atoms with E-state index in [1.165, 1.54) is 13.2 Å². The van der Waals surface area contributed by atoms with E-state index >= 15 is 0 Å². The maximum Gasteiger partial charge on any atom is 0.349 e. The van der Waals surface area contributed by atoms with Crippen molar-refractivity contribution < 1.29 is 18.7 Å². The number of allylic oxidation sites excluding steroid dienone is 1. The molecule has 0 atom stereocenters. The van der Waals surface area contributed by atoms with E-state index < -0.39 is 11.5 Å². The van der Waals surface area contributed by atoms with Crippen molar-refractivity contribution in [2.24, 2.45) is 0 Å². The highest BCUT2D eigenvalue weighted by atomic mass is 16.5. The van der Waals surface area contributed by atoms with Gasteiger partial charge in [0.1, 0.15) is 17.9 Å². The van der Waals surface area contributed by atoms with Crippen molar-refractivity contribution >= 4 is 16.9 Å². The summed E-state index contributed by atoms with van der Waals surface area (Å²) in [5.41, 5.74) is 0.504. The number of amides is 1. The van der Waals surface area contributed by atoms with Gasteiger partial charge in [0.25, 0.3) is 5.91 Å². The fourth-order valence-corrected chi connectivity index (χ4v) is 2.85. The second-order valence-corrected chi connectivity index (χ2v) is 6.25. The molecule has 0 fully saturated rings. The number of hydrogen-bond acceptors (Lipinski definition) is 5. The fraction of sp³-hybridized carbons (Fsp3) is 0.167. The molecule has 0 radical (unpaired) electrons. The Kier molecular flexibility index (Phi) is 6.91. The normalized spacial score (nSPS) is 10.0. The summed E-state index contributed by atoms with van der Waals surface area (Å²) >= 11 is 0. The van der Waals surface area contributed by atoms with E-state index in [0.717, 1.165) is 11.3 Å². The van der Waals surface area contributed by atoms with Crippen LogP contribution in [0, 0.1) is 11.8 Å². The molecule has 30 heavy (non-hydrogen) atoms. The number of carbonyl (C=O) groups excluding carboxylic acids is 1. The average Bonchev–Trinajstić information content (AvgIpc) is 2.76. The molecule has 1 aromatic heterocycles. The van der Waals surface area contributed by atoms with E-state index in [1.54, 1.807) is 18.2 Å². The maximum absolute atomic E-state index is 12.3. The largest absolute Gasteiger partial charge is 0.493 e. The van der Waals surface area contributed by atoms with Gasteiger partial charge in [-0.3, -0.25) is 4.79 Å². The van der Waals surface area contributed by atoms with Crippen LogP contribution in [-0.4, -0.2) is 26.2 Å². The zero-order valence-electron chi connectivity index (χ0n) is 16.6. The molecule has 6 nitrogen and oxygen atoms in total. The van der Waals surface area contributed by atoms with Gasteiger partial charge >= 0.3 is 5.63 Å². The molecular formula is C24H21NO5. The van der Waals surface area contributed by atoms with Gasteiger partial charge < -0.3 is 19.2 Å². The van der Waals surface area contributed by atoms with Crippen LogP contribution < -0.4 is 20.4 Å². The van der Waals surface area contributed by atoms with E-state index in [0.29, 0.717) is 23.1 Å². The van der Waals surface area contributed by atoms with Crippen LogP contribution in [0.3, 0.4) is 0 Å². The monoisotopic (exact) mass is 403 g/mol. The Morgan fingerprint density at radius 1 is 1.17 bits per heavy atom. The van der Waals surface area contributed by atoms with Crippen LogP contribution in [0.4, 0.5) is 0 Å². The lowest BCUT2D eigenvalue weighted by Crippen LogP contribution is -2.28. The average molecular weight is 403 g/mol. The predicted octanol–water partition coefficient (Wildman–Crippen LogP) is 3.34. The van der Waals surface area contributed by atoms with Crippen LogP contribution in [0.15, 0.2) is 70.4 Å². The van der Waals surface area contributed by atoms with E-state index in [4.69, 9.17) is 13.9 Å². The molecule has 1 N–H and O–H groups in total. The summed E-state index contributed by atoms with van der Waals surface area (Å²) in [6.07, 6.45) is 2.52. The minimum atomic E-state index is -0.736. The number of methoxy groups -OCH3 is 1. The Labute approximate surface area is 174 Å². The maximum atomic E-state index is 12.3. The van der Waals surface area contributed by atoms with E-state index in [-0.39, 0.29) is 18.7 Å². The Morgan fingerprint density at radius 2 is 1.97 bits per heavy atom. The van der Waals surface area contributed by atoms with E-state index in [9.17, 15) is 9.59 Å². The van der Waals surface area contributed by atoms with Gasteiger partial charge in [0.15, 0.2) is 11.3 Å². The summed E-state index contributed by atoms with van der Waals surface area (Å²) in [7, 11) is 1.48. The van der Waals surface area contributed by atoms with E-state index in [2.05, 4.69) is 23.7 Å². The highest BCUT2D eigenvalue weighted by Crippen LogP contribution is 2.24. The minimum Gasteiger partial charge on any atom is -0.493 e. The van der Waals surface area contributed by atoms with Crippen molar-refractivity contribution in [2.75, 3.05) is 20.3 Å². The zero-order chi connectivity index (χ0) is 21.3. The Hall–Kier alpha value is -3.98. The van der Waals surface area contributed by atoms with E-state index in [1.807, 2.05) is 30.3 Å².